The molecule has 0 aliphatic carbocycles. The van der Waals surface area contributed by atoms with E-state index in [-0.39, 0.29) is 0 Å². The van der Waals surface area contributed by atoms with E-state index < -0.39 is 0 Å². The summed E-state index contributed by atoms with van der Waals surface area (Å²) >= 11 is 12.5. The third kappa shape index (κ3) is 2.70. The van der Waals surface area contributed by atoms with Crippen molar-refractivity contribution in [2.24, 2.45) is 0 Å². The molecule has 4 aromatic rings. The summed E-state index contributed by atoms with van der Waals surface area (Å²) in [5, 5.41) is 7.18. The summed E-state index contributed by atoms with van der Waals surface area (Å²) in [6.45, 7) is 3.93. The molecule has 0 fully saturated rings. The molecule has 3 nitrogen and oxygen atoms in total. The first kappa shape index (κ1) is 16.1. The normalized spacial score (nSPS) is 11.2. The third-order valence-electron chi connectivity index (χ3n) is 4.27. The van der Waals surface area contributed by atoms with Gasteiger partial charge in [0.05, 0.1) is 21.8 Å². The lowest BCUT2D eigenvalue weighted by atomic mass is 10.1. The van der Waals surface area contributed by atoms with E-state index in [1.54, 1.807) is 0 Å². The van der Waals surface area contributed by atoms with Crippen molar-refractivity contribution in [1.82, 2.24) is 14.8 Å². The summed E-state index contributed by atoms with van der Waals surface area (Å²) in [6, 6.07) is 17.6. The highest BCUT2D eigenvalue weighted by atomic mass is 35.5. The average molecular weight is 368 g/mol. The van der Waals surface area contributed by atoms with E-state index in [1.807, 2.05) is 73.1 Å². The van der Waals surface area contributed by atoms with Gasteiger partial charge in [0.25, 0.3) is 0 Å². The van der Waals surface area contributed by atoms with Crippen LogP contribution in [0.3, 0.4) is 0 Å². The number of pyridine rings is 1. The lowest BCUT2D eigenvalue weighted by Gasteiger charge is -2.06. The van der Waals surface area contributed by atoms with E-state index in [9.17, 15) is 0 Å². The van der Waals surface area contributed by atoms with Crippen molar-refractivity contribution in [3.63, 3.8) is 0 Å². The Hall–Kier alpha value is -2.36. The molecule has 0 saturated heterocycles. The highest BCUT2D eigenvalue weighted by Gasteiger charge is 2.19. The van der Waals surface area contributed by atoms with Gasteiger partial charge in [-0.05, 0) is 43.7 Å². The number of aromatic nitrogens is 3. The van der Waals surface area contributed by atoms with Gasteiger partial charge in [-0.2, -0.15) is 5.10 Å². The highest BCUT2D eigenvalue weighted by molar-refractivity contribution is 6.33. The van der Waals surface area contributed by atoms with Gasteiger partial charge in [-0.15, -0.1) is 0 Å². The van der Waals surface area contributed by atoms with Crippen LogP contribution in [0.4, 0.5) is 0 Å². The van der Waals surface area contributed by atoms with Crippen LogP contribution < -0.4 is 0 Å². The first-order chi connectivity index (χ1) is 12.1. The molecule has 2 aromatic heterocycles. The molecule has 0 radical (unpaired) electrons. The van der Waals surface area contributed by atoms with Gasteiger partial charge in [0.15, 0.2) is 5.65 Å². The molecule has 0 spiro atoms. The Balaban J connectivity index is 2.09. The smallest absolute Gasteiger partial charge is 0.164 e. The van der Waals surface area contributed by atoms with Gasteiger partial charge >= 0.3 is 0 Å². The Labute approximate surface area is 155 Å². The van der Waals surface area contributed by atoms with Crippen molar-refractivity contribution in [3.05, 3.63) is 75.9 Å². The molecule has 0 unspecified atom stereocenters. The molecule has 2 aromatic carbocycles. The summed E-state index contributed by atoms with van der Waals surface area (Å²) in [6.07, 6.45) is 0. The fourth-order valence-corrected chi connectivity index (χ4v) is 3.27. The molecule has 0 saturated carbocycles. The number of hydrogen-bond donors (Lipinski definition) is 0. The van der Waals surface area contributed by atoms with Crippen LogP contribution in [0.1, 0.15) is 11.3 Å². The minimum atomic E-state index is 0.676. The minimum Gasteiger partial charge on any atom is -0.232 e. The molecule has 0 atom stereocenters. The van der Waals surface area contributed by atoms with Gasteiger partial charge in [0.2, 0.25) is 0 Å². The average Bonchev–Trinajstić information content (AvgIpc) is 3.00. The summed E-state index contributed by atoms with van der Waals surface area (Å²) in [5.41, 5.74) is 5.37. The van der Waals surface area contributed by atoms with E-state index in [4.69, 9.17) is 33.3 Å². The first-order valence-corrected chi connectivity index (χ1v) is 8.68. The second-order valence-electron chi connectivity index (χ2n) is 5.94. The van der Waals surface area contributed by atoms with Gasteiger partial charge in [-0.1, -0.05) is 53.5 Å². The van der Waals surface area contributed by atoms with Crippen LogP contribution >= 0.6 is 23.2 Å². The maximum atomic E-state index is 6.48. The van der Waals surface area contributed by atoms with Gasteiger partial charge in [-0.25, -0.2) is 9.67 Å². The van der Waals surface area contributed by atoms with Crippen LogP contribution in [0.15, 0.2) is 54.6 Å². The number of benzene rings is 2. The zero-order valence-corrected chi connectivity index (χ0v) is 15.3. The van der Waals surface area contributed by atoms with Gasteiger partial charge in [-0.3, -0.25) is 0 Å². The molecule has 0 aliphatic rings. The minimum absolute atomic E-state index is 0.676. The number of aryl methyl sites for hydroxylation is 2. The van der Waals surface area contributed by atoms with E-state index in [0.717, 1.165) is 39.2 Å². The molecule has 124 valence electrons. The van der Waals surface area contributed by atoms with Crippen LogP contribution in [-0.2, 0) is 0 Å². The Morgan fingerprint density at radius 1 is 0.880 bits per heavy atom. The van der Waals surface area contributed by atoms with Crippen molar-refractivity contribution in [3.8, 4) is 16.9 Å². The summed E-state index contributed by atoms with van der Waals surface area (Å²) < 4.78 is 1.87. The molecule has 4 rings (SSSR count). The number of nitrogens with zero attached hydrogens (tertiary/aromatic N) is 3. The molecule has 5 heteroatoms. The zero-order chi connectivity index (χ0) is 17.6. The van der Waals surface area contributed by atoms with Crippen molar-refractivity contribution < 1.29 is 0 Å². The zero-order valence-electron chi connectivity index (χ0n) is 13.8. The maximum Gasteiger partial charge on any atom is 0.164 e. The molecule has 0 bridgehead atoms. The number of rotatable bonds is 2. The van der Waals surface area contributed by atoms with E-state index in [2.05, 4.69) is 0 Å². The molecule has 25 heavy (non-hydrogen) atoms. The van der Waals surface area contributed by atoms with Crippen LogP contribution in [0.25, 0.3) is 28.0 Å². The van der Waals surface area contributed by atoms with Crippen molar-refractivity contribution in [2.75, 3.05) is 0 Å². The highest BCUT2D eigenvalue weighted by Crippen LogP contribution is 2.35. The molecular weight excluding hydrogens is 353 g/mol. The maximum absolute atomic E-state index is 6.48. The van der Waals surface area contributed by atoms with Crippen LogP contribution in [0, 0.1) is 13.8 Å². The van der Waals surface area contributed by atoms with Crippen molar-refractivity contribution in [1.29, 1.82) is 0 Å². The fraction of sp³-hybridized carbons (Fsp3) is 0.100. The number of fused-ring (bicyclic) bond motifs is 1. The summed E-state index contributed by atoms with van der Waals surface area (Å²) in [7, 11) is 0. The summed E-state index contributed by atoms with van der Waals surface area (Å²) in [5.74, 6) is 0. The van der Waals surface area contributed by atoms with Crippen molar-refractivity contribution >= 4 is 34.2 Å². The number of halogens is 2. The Kier molecular flexibility index (Phi) is 3.98. The van der Waals surface area contributed by atoms with Crippen LogP contribution in [0.5, 0.6) is 0 Å². The van der Waals surface area contributed by atoms with E-state index >= 15 is 0 Å². The monoisotopic (exact) mass is 367 g/mol. The van der Waals surface area contributed by atoms with E-state index in [1.165, 1.54) is 0 Å². The van der Waals surface area contributed by atoms with Gasteiger partial charge in [0.1, 0.15) is 5.69 Å². The van der Waals surface area contributed by atoms with Crippen LogP contribution in [0.2, 0.25) is 10.0 Å². The number of hydrogen-bond acceptors (Lipinski definition) is 2. The van der Waals surface area contributed by atoms with E-state index in [0.29, 0.717) is 10.0 Å². The third-order valence-corrected chi connectivity index (χ3v) is 5.08. The Morgan fingerprint density at radius 3 is 2.24 bits per heavy atom. The predicted octanol–water partition coefficient (Wildman–Crippen LogP) is 6.01. The number of para-hydroxylation sites is 1. The summed E-state index contributed by atoms with van der Waals surface area (Å²) in [4.78, 5) is 4.72. The largest absolute Gasteiger partial charge is 0.232 e. The second kappa shape index (κ2) is 6.17. The Morgan fingerprint density at radius 2 is 1.56 bits per heavy atom. The molecule has 0 amide bonds. The first-order valence-electron chi connectivity index (χ1n) is 7.93. The lowest BCUT2D eigenvalue weighted by molar-refractivity contribution is 0.898. The van der Waals surface area contributed by atoms with Crippen molar-refractivity contribution in [2.45, 2.75) is 13.8 Å². The standard InChI is InChI=1S/C20H15Cl2N3/c1-12-17-19(14-8-10-15(21)11-9-14)24-25(16-6-4-3-5-7-16)20(17)23-13(2)18(12)22/h3-11H,1-2H3. The van der Waals surface area contributed by atoms with Gasteiger partial charge < -0.3 is 0 Å². The van der Waals surface area contributed by atoms with Crippen LogP contribution in [-0.4, -0.2) is 14.8 Å². The SMILES string of the molecule is Cc1nc2c(c(-c3ccc(Cl)cc3)nn2-c2ccccc2)c(C)c1Cl. The molecular formula is C20H15Cl2N3. The lowest BCUT2D eigenvalue weighted by Crippen LogP contribution is -1.99. The molecule has 0 N–H and O–H groups in total. The molecule has 2 heterocycles. The Bertz CT molecular complexity index is 1070. The quantitative estimate of drug-likeness (QED) is 0.434. The second-order valence-corrected chi connectivity index (χ2v) is 6.75. The topological polar surface area (TPSA) is 30.7 Å². The van der Waals surface area contributed by atoms with Gasteiger partial charge in [0, 0.05) is 10.6 Å². The fourth-order valence-electron chi connectivity index (χ4n) is 3.01. The molecule has 0 aliphatic heterocycles. The predicted molar refractivity (Wildman–Crippen MR) is 104 cm³/mol.